The molecule has 0 aliphatic heterocycles. The quantitative estimate of drug-likeness (QED) is 0.561. The molecule has 2 heterocycles. The van der Waals surface area contributed by atoms with Gasteiger partial charge in [0.1, 0.15) is 17.1 Å². The van der Waals surface area contributed by atoms with Crippen LogP contribution < -0.4 is 15.8 Å². The number of rotatable bonds is 6. The number of hydrogen-bond donors (Lipinski definition) is 3. The van der Waals surface area contributed by atoms with Gasteiger partial charge in [-0.1, -0.05) is 43.0 Å². The van der Waals surface area contributed by atoms with Gasteiger partial charge in [-0.2, -0.15) is 0 Å². The Morgan fingerprint density at radius 2 is 2.00 bits per heavy atom. The number of ether oxygens (including phenoxy) is 1. The van der Waals surface area contributed by atoms with E-state index in [-0.39, 0.29) is 11.9 Å². The highest BCUT2D eigenvalue weighted by molar-refractivity contribution is 6.36. The molecule has 1 amide bonds. The summed E-state index contributed by atoms with van der Waals surface area (Å²) in [5.74, 6) is 1.25. The fraction of sp³-hybridized carbons (Fsp3) is 0.364. The molecule has 29 heavy (non-hydrogen) atoms. The summed E-state index contributed by atoms with van der Waals surface area (Å²) in [5.41, 5.74) is 7.80. The third-order valence-electron chi connectivity index (χ3n) is 5.38. The number of aromatic nitrogens is 2. The maximum absolute atomic E-state index is 12.4. The molecule has 0 saturated heterocycles. The monoisotopic (exact) mass is 412 g/mol. The summed E-state index contributed by atoms with van der Waals surface area (Å²) in [6.07, 6.45) is 9.57. The number of H-pyrrole nitrogens is 1. The van der Waals surface area contributed by atoms with E-state index in [0.29, 0.717) is 28.6 Å². The second kappa shape index (κ2) is 8.84. The molecule has 6 nitrogen and oxygen atoms in total. The number of halogens is 1. The first-order valence-electron chi connectivity index (χ1n) is 10.0. The van der Waals surface area contributed by atoms with E-state index in [1.165, 1.54) is 19.3 Å². The van der Waals surface area contributed by atoms with E-state index in [2.05, 4.69) is 15.3 Å². The molecular formula is C22H25ClN4O2. The molecule has 3 aromatic rings. The fourth-order valence-corrected chi connectivity index (χ4v) is 4.03. The van der Waals surface area contributed by atoms with Gasteiger partial charge in [0.05, 0.1) is 16.5 Å². The van der Waals surface area contributed by atoms with Gasteiger partial charge in [-0.15, -0.1) is 0 Å². The highest BCUT2D eigenvalue weighted by atomic mass is 35.5. The summed E-state index contributed by atoms with van der Waals surface area (Å²) in [6, 6.07) is 9.10. The summed E-state index contributed by atoms with van der Waals surface area (Å²) in [4.78, 5) is 19.6. The Morgan fingerprint density at radius 1 is 1.24 bits per heavy atom. The van der Waals surface area contributed by atoms with Crippen LogP contribution in [0.5, 0.6) is 11.5 Å². The van der Waals surface area contributed by atoms with E-state index in [9.17, 15) is 4.79 Å². The molecule has 0 unspecified atom stereocenters. The van der Waals surface area contributed by atoms with Crippen molar-refractivity contribution in [3.8, 4) is 11.5 Å². The lowest BCUT2D eigenvalue weighted by molar-refractivity contribution is -0.123. The number of fused-ring (bicyclic) bond motifs is 1. The van der Waals surface area contributed by atoms with Crippen molar-refractivity contribution in [2.75, 3.05) is 0 Å². The largest absolute Gasteiger partial charge is 0.456 e. The molecule has 1 aromatic carbocycles. The first-order valence-corrected chi connectivity index (χ1v) is 10.4. The second-order valence-corrected chi connectivity index (χ2v) is 7.98. The summed E-state index contributed by atoms with van der Waals surface area (Å²) in [5, 5.41) is 4.41. The average molecular weight is 413 g/mol. The van der Waals surface area contributed by atoms with Gasteiger partial charge >= 0.3 is 0 Å². The molecule has 1 atom stereocenters. The van der Waals surface area contributed by atoms with Crippen molar-refractivity contribution >= 4 is 28.5 Å². The molecule has 4 rings (SSSR count). The van der Waals surface area contributed by atoms with Gasteiger partial charge < -0.3 is 20.8 Å². The van der Waals surface area contributed by atoms with E-state index >= 15 is 0 Å². The van der Waals surface area contributed by atoms with Crippen molar-refractivity contribution in [2.24, 2.45) is 5.73 Å². The number of carbonyl (C=O) groups is 1. The maximum Gasteiger partial charge on any atom is 0.237 e. The number of nitrogens with two attached hydrogens (primary N) is 1. The van der Waals surface area contributed by atoms with Crippen molar-refractivity contribution in [3.05, 3.63) is 53.3 Å². The zero-order valence-corrected chi connectivity index (χ0v) is 16.9. The first-order chi connectivity index (χ1) is 14.1. The Kier molecular flexibility index (Phi) is 6.02. The van der Waals surface area contributed by atoms with Crippen molar-refractivity contribution in [2.45, 2.75) is 50.6 Å². The van der Waals surface area contributed by atoms with Gasteiger partial charge in [0.2, 0.25) is 5.91 Å². The minimum atomic E-state index is -0.554. The predicted molar refractivity (Wildman–Crippen MR) is 114 cm³/mol. The van der Waals surface area contributed by atoms with Crippen LogP contribution in [0, 0.1) is 0 Å². The number of benzene rings is 1. The Hall–Kier alpha value is -2.57. The number of hydrogen-bond acceptors (Lipinski definition) is 4. The summed E-state index contributed by atoms with van der Waals surface area (Å²) in [7, 11) is 0. The third kappa shape index (κ3) is 4.71. The summed E-state index contributed by atoms with van der Waals surface area (Å²) >= 11 is 6.22. The lowest BCUT2D eigenvalue weighted by Crippen LogP contribution is -2.46. The average Bonchev–Trinajstić information content (AvgIpc) is 3.12. The van der Waals surface area contributed by atoms with Crippen LogP contribution in [0.25, 0.3) is 11.0 Å². The van der Waals surface area contributed by atoms with Crippen LogP contribution in [0.1, 0.15) is 37.7 Å². The Balaban J connectivity index is 1.37. The van der Waals surface area contributed by atoms with E-state index in [1.54, 1.807) is 18.5 Å². The molecule has 1 fully saturated rings. The van der Waals surface area contributed by atoms with E-state index in [4.69, 9.17) is 22.1 Å². The van der Waals surface area contributed by atoms with Crippen molar-refractivity contribution in [3.63, 3.8) is 0 Å². The van der Waals surface area contributed by atoms with Crippen molar-refractivity contribution in [1.82, 2.24) is 15.3 Å². The molecule has 1 aliphatic carbocycles. The van der Waals surface area contributed by atoms with Crippen molar-refractivity contribution in [1.29, 1.82) is 0 Å². The predicted octanol–water partition coefficient (Wildman–Crippen LogP) is 4.33. The minimum Gasteiger partial charge on any atom is -0.456 e. The van der Waals surface area contributed by atoms with Crippen LogP contribution in [0.4, 0.5) is 0 Å². The number of nitrogens with zero attached hydrogens (tertiary/aromatic N) is 1. The van der Waals surface area contributed by atoms with Gasteiger partial charge in [-0.05, 0) is 43.0 Å². The standard InChI is InChI=1S/C22H25ClN4O2/c23-17-13-26-21-20(17)19(10-11-25-21)29-16-8-6-14(7-9-16)12-18(24)22(28)27-15-4-2-1-3-5-15/h6-11,13,15,18H,1-5,12,24H2,(H,25,26)(H,27,28)/t18-/m0/s1. The van der Waals surface area contributed by atoms with Crippen LogP contribution >= 0.6 is 11.6 Å². The van der Waals surface area contributed by atoms with Crippen LogP contribution in [-0.4, -0.2) is 28.0 Å². The van der Waals surface area contributed by atoms with Gasteiger partial charge in [-0.3, -0.25) is 4.79 Å². The zero-order valence-electron chi connectivity index (χ0n) is 16.2. The molecule has 2 aromatic heterocycles. The van der Waals surface area contributed by atoms with Gasteiger partial charge in [0.15, 0.2) is 0 Å². The number of amides is 1. The maximum atomic E-state index is 12.4. The number of pyridine rings is 1. The molecule has 0 bridgehead atoms. The molecular weight excluding hydrogens is 388 g/mol. The van der Waals surface area contributed by atoms with E-state index in [1.807, 2.05) is 24.3 Å². The molecule has 1 saturated carbocycles. The summed E-state index contributed by atoms with van der Waals surface area (Å²) in [6.45, 7) is 0. The Bertz CT molecular complexity index is 980. The Morgan fingerprint density at radius 3 is 2.76 bits per heavy atom. The normalized spacial score (nSPS) is 15.9. The Labute approximate surface area is 174 Å². The molecule has 1 aliphatic rings. The minimum absolute atomic E-state index is 0.0708. The summed E-state index contributed by atoms with van der Waals surface area (Å²) < 4.78 is 5.98. The SMILES string of the molecule is N[C@@H](Cc1ccc(Oc2ccnc3[nH]cc(Cl)c23)cc1)C(=O)NC1CCCCC1. The first kappa shape index (κ1) is 19.7. The van der Waals surface area contributed by atoms with E-state index < -0.39 is 6.04 Å². The van der Waals surface area contributed by atoms with Crippen LogP contribution in [0.2, 0.25) is 5.02 Å². The molecule has 152 valence electrons. The highest BCUT2D eigenvalue weighted by Gasteiger charge is 2.20. The molecule has 4 N–H and O–H groups in total. The molecule has 0 spiro atoms. The van der Waals surface area contributed by atoms with Crippen LogP contribution in [0.3, 0.4) is 0 Å². The lowest BCUT2D eigenvalue weighted by Gasteiger charge is -2.24. The van der Waals surface area contributed by atoms with E-state index in [0.717, 1.165) is 23.8 Å². The molecule has 0 radical (unpaired) electrons. The third-order valence-corrected chi connectivity index (χ3v) is 5.68. The number of aromatic amines is 1. The molecule has 7 heteroatoms. The van der Waals surface area contributed by atoms with Gasteiger partial charge in [0, 0.05) is 18.4 Å². The van der Waals surface area contributed by atoms with Crippen molar-refractivity contribution < 1.29 is 9.53 Å². The topological polar surface area (TPSA) is 93.0 Å². The lowest BCUT2D eigenvalue weighted by atomic mass is 9.95. The number of carbonyl (C=O) groups excluding carboxylic acids is 1. The zero-order chi connectivity index (χ0) is 20.2. The van der Waals surface area contributed by atoms with Crippen LogP contribution in [-0.2, 0) is 11.2 Å². The fourth-order valence-electron chi connectivity index (χ4n) is 3.80. The second-order valence-electron chi connectivity index (χ2n) is 7.57. The van der Waals surface area contributed by atoms with Gasteiger partial charge in [-0.25, -0.2) is 4.98 Å². The highest BCUT2D eigenvalue weighted by Crippen LogP contribution is 2.33. The van der Waals surface area contributed by atoms with Gasteiger partial charge in [0.25, 0.3) is 0 Å². The smallest absolute Gasteiger partial charge is 0.237 e. The van der Waals surface area contributed by atoms with Crippen LogP contribution in [0.15, 0.2) is 42.7 Å². The number of nitrogens with one attached hydrogen (secondary N) is 2.